The number of carbonyl (C=O) groups excluding carboxylic acids is 1. The van der Waals surface area contributed by atoms with Gasteiger partial charge in [-0.15, -0.1) is 0 Å². The zero-order valence-electron chi connectivity index (χ0n) is 20.4. The summed E-state index contributed by atoms with van der Waals surface area (Å²) in [5, 5.41) is 2.91. The minimum Gasteiger partial charge on any atom is -0.497 e. The maximum Gasteiger partial charge on any atom is 0.243 e. The van der Waals surface area contributed by atoms with Crippen molar-refractivity contribution in [2.24, 2.45) is 5.92 Å². The van der Waals surface area contributed by atoms with Crippen LogP contribution in [0.5, 0.6) is 5.75 Å². The number of piperidine rings is 2. The van der Waals surface area contributed by atoms with Gasteiger partial charge in [0.2, 0.25) is 26.0 Å². The molecule has 2 fully saturated rings. The fourth-order valence-electron chi connectivity index (χ4n) is 4.62. The third-order valence-corrected chi connectivity index (χ3v) is 10.7. The number of nitrogens with zero attached hydrogens (tertiary/aromatic N) is 2. The van der Waals surface area contributed by atoms with E-state index in [0.717, 1.165) is 24.8 Å². The number of methoxy groups -OCH3 is 1. The highest BCUT2D eigenvalue weighted by molar-refractivity contribution is 7.89. The highest BCUT2D eigenvalue weighted by atomic mass is 32.2. The van der Waals surface area contributed by atoms with Gasteiger partial charge in [-0.05, 0) is 67.6 Å². The van der Waals surface area contributed by atoms with Gasteiger partial charge in [0, 0.05) is 38.6 Å². The first-order chi connectivity index (χ1) is 17.2. The van der Waals surface area contributed by atoms with E-state index in [9.17, 15) is 21.6 Å². The Balaban J connectivity index is 1.28. The quantitative estimate of drug-likeness (QED) is 0.556. The number of benzene rings is 2. The summed E-state index contributed by atoms with van der Waals surface area (Å²) < 4.78 is 59.4. The van der Waals surface area contributed by atoms with Crippen LogP contribution in [0.1, 0.15) is 37.7 Å². The first kappa shape index (κ1) is 26.6. The van der Waals surface area contributed by atoms with Crippen molar-refractivity contribution in [1.82, 2.24) is 13.9 Å². The molecule has 4 rings (SSSR count). The van der Waals surface area contributed by atoms with Crippen LogP contribution < -0.4 is 10.1 Å². The monoisotopic (exact) mass is 535 g/mol. The van der Waals surface area contributed by atoms with Crippen LogP contribution in [0.25, 0.3) is 0 Å². The van der Waals surface area contributed by atoms with E-state index in [1.165, 1.54) is 27.9 Å². The summed E-state index contributed by atoms with van der Waals surface area (Å²) in [7, 11) is -5.58. The fraction of sp³-hybridized carbons (Fsp3) is 0.480. The van der Waals surface area contributed by atoms with Crippen molar-refractivity contribution in [3.63, 3.8) is 0 Å². The predicted molar refractivity (Wildman–Crippen MR) is 135 cm³/mol. The van der Waals surface area contributed by atoms with Crippen molar-refractivity contribution in [3.8, 4) is 5.75 Å². The number of carbonyl (C=O) groups is 1. The average molecular weight is 536 g/mol. The lowest BCUT2D eigenvalue weighted by molar-refractivity contribution is -0.126. The summed E-state index contributed by atoms with van der Waals surface area (Å²) in [5.74, 6) is 0.190. The molecule has 2 aromatic carbocycles. The first-order valence-corrected chi connectivity index (χ1v) is 15.1. The topological polar surface area (TPSA) is 113 Å². The molecule has 0 bridgehead atoms. The molecule has 2 aliphatic rings. The third kappa shape index (κ3) is 5.91. The molecule has 0 saturated carbocycles. The largest absolute Gasteiger partial charge is 0.497 e. The lowest BCUT2D eigenvalue weighted by atomic mass is 9.97. The molecule has 11 heteroatoms. The van der Waals surface area contributed by atoms with Crippen molar-refractivity contribution in [2.45, 2.75) is 48.4 Å². The first-order valence-electron chi connectivity index (χ1n) is 12.2. The molecular weight excluding hydrogens is 502 g/mol. The molecule has 36 heavy (non-hydrogen) atoms. The van der Waals surface area contributed by atoms with Crippen LogP contribution in [-0.2, 0) is 31.4 Å². The third-order valence-electron chi connectivity index (χ3n) is 6.86. The molecule has 2 aliphatic heterocycles. The van der Waals surface area contributed by atoms with E-state index < -0.39 is 20.0 Å². The summed E-state index contributed by atoms with van der Waals surface area (Å²) in [6, 6.07) is 12.9. The second kappa shape index (κ2) is 11.3. The summed E-state index contributed by atoms with van der Waals surface area (Å²) in [5.41, 5.74) is 0.806. The highest BCUT2D eigenvalue weighted by Crippen LogP contribution is 2.26. The minimum absolute atomic E-state index is 0.124. The lowest BCUT2D eigenvalue weighted by Crippen LogP contribution is -2.42. The molecule has 1 amide bonds. The van der Waals surface area contributed by atoms with Gasteiger partial charge in [0.05, 0.1) is 16.9 Å². The Morgan fingerprint density at radius 2 is 1.31 bits per heavy atom. The molecule has 0 aliphatic carbocycles. The second-order valence-electron chi connectivity index (χ2n) is 9.18. The van der Waals surface area contributed by atoms with Gasteiger partial charge < -0.3 is 10.1 Å². The van der Waals surface area contributed by atoms with E-state index in [0.29, 0.717) is 31.7 Å². The van der Waals surface area contributed by atoms with Crippen LogP contribution in [0, 0.1) is 5.92 Å². The molecular formula is C25H33N3O6S2. The maximum atomic E-state index is 12.9. The summed E-state index contributed by atoms with van der Waals surface area (Å²) in [6.07, 6.45) is 3.70. The van der Waals surface area contributed by atoms with Crippen molar-refractivity contribution in [1.29, 1.82) is 0 Å². The molecule has 0 aromatic heterocycles. The van der Waals surface area contributed by atoms with Gasteiger partial charge in [-0.25, -0.2) is 16.8 Å². The van der Waals surface area contributed by atoms with Gasteiger partial charge in [0.25, 0.3) is 0 Å². The molecule has 0 radical (unpaired) electrons. The van der Waals surface area contributed by atoms with Gasteiger partial charge in [-0.1, -0.05) is 18.6 Å². The van der Waals surface area contributed by atoms with Crippen LogP contribution in [-0.4, -0.2) is 64.6 Å². The highest BCUT2D eigenvalue weighted by Gasteiger charge is 2.32. The van der Waals surface area contributed by atoms with Crippen LogP contribution in [0.3, 0.4) is 0 Å². The summed E-state index contributed by atoms with van der Waals surface area (Å²) in [6.45, 7) is 1.94. The lowest BCUT2D eigenvalue weighted by Gasteiger charge is -2.30. The molecule has 0 atom stereocenters. The molecule has 2 aromatic rings. The van der Waals surface area contributed by atoms with Crippen molar-refractivity contribution in [3.05, 3.63) is 54.1 Å². The van der Waals surface area contributed by atoms with Gasteiger partial charge in [-0.2, -0.15) is 8.61 Å². The normalized spacial score (nSPS) is 18.6. The molecule has 1 N–H and O–H groups in total. The van der Waals surface area contributed by atoms with E-state index in [1.54, 1.807) is 36.4 Å². The van der Waals surface area contributed by atoms with Crippen molar-refractivity contribution < 1.29 is 26.4 Å². The maximum absolute atomic E-state index is 12.9. The van der Waals surface area contributed by atoms with Gasteiger partial charge in [0.1, 0.15) is 5.75 Å². The fourth-order valence-corrected chi connectivity index (χ4v) is 7.61. The van der Waals surface area contributed by atoms with E-state index in [4.69, 9.17) is 4.74 Å². The standard InChI is InChI=1S/C25H33N3O6S2/c1-34-22-7-11-24(12-8-22)36(32,33)28-17-13-21(14-18-28)25(29)26-19-20-5-9-23(10-6-20)35(30,31)27-15-3-2-4-16-27/h5-12,21H,2-4,13-19H2,1H3,(H,26,29). The van der Waals surface area contributed by atoms with Gasteiger partial charge >= 0.3 is 0 Å². The molecule has 2 heterocycles. The summed E-state index contributed by atoms with van der Waals surface area (Å²) >= 11 is 0. The SMILES string of the molecule is COc1ccc(S(=O)(=O)N2CCC(C(=O)NCc3ccc(S(=O)(=O)N4CCCCC4)cc3)CC2)cc1. The van der Waals surface area contributed by atoms with Crippen LogP contribution in [0.4, 0.5) is 0 Å². The smallest absolute Gasteiger partial charge is 0.243 e. The number of amides is 1. The van der Waals surface area contributed by atoms with E-state index in [1.807, 2.05) is 0 Å². The van der Waals surface area contributed by atoms with Crippen molar-refractivity contribution >= 4 is 26.0 Å². The molecule has 0 unspecified atom stereocenters. The van der Waals surface area contributed by atoms with E-state index >= 15 is 0 Å². The van der Waals surface area contributed by atoms with Crippen molar-refractivity contribution in [2.75, 3.05) is 33.3 Å². The predicted octanol–water partition coefficient (Wildman–Crippen LogP) is 2.59. The van der Waals surface area contributed by atoms with Crippen LogP contribution in [0.15, 0.2) is 58.3 Å². The zero-order valence-corrected chi connectivity index (χ0v) is 22.1. The zero-order chi connectivity index (χ0) is 25.8. The Morgan fingerprint density at radius 1 is 0.806 bits per heavy atom. The summed E-state index contributed by atoms with van der Waals surface area (Å²) in [4.78, 5) is 13.2. The average Bonchev–Trinajstić information content (AvgIpc) is 2.92. The Labute approximate surface area is 213 Å². The number of hydrogen-bond acceptors (Lipinski definition) is 6. The minimum atomic E-state index is -3.62. The van der Waals surface area contributed by atoms with Crippen LogP contribution in [0.2, 0.25) is 0 Å². The Hall–Kier alpha value is -2.47. The Kier molecular flexibility index (Phi) is 8.34. The Morgan fingerprint density at radius 3 is 1.83 bits per heavy atom. The molecule has 196 valence electrons. The van der Waals surface area contributed by atoms with Gasteiger partial charge in [-0.3, -0.25) is 4.79 Å². The molecule has 9 nitrogen and oxygen atoms in total. The van der Waals surface area contributed by atoms with E-state index in [-0.39, 0.29) is 41.3 Å². The van der Waals surface area contributed by atoms with Gasteiger partial charge in [0.15, 0.2) is 0 Å². The number of hydrogen-bond donors (Lipinski definition) is 1. The number of nitrogens with one attached hydrogen (secondary N) is 1. The number of ether oxygens (including phenoxy) is 1. The molecule has 2 saturated heterocycles. The van der Waals surface area contributed by atoms with Crippen LogP contribution >= 0.6 is 0 Å². The van der Waals surface area contributed by atoms with E-state index in [2.05, 4.69) is 5.32 Å². The second-order valence-corrected chi connectivity index (χ2v) is 13.1. The molecule has 0 spiro atoms. The Bertz CT molecular complexity index is 1250. The number of rotatable bonds is 8. The number of sulfonamides is 2.